The minimum atomic E-state index is -0.142. The summed E-state index contributed by atoms with van der Waals surface area (Å²) in [7, 11) is 1.66. The Hall–Kier alpha value is -1.36. The minimum Gasteiger partial charge on any atom is -0.348 e. The molecule has 0 aromatic carbocycles. The molecule has 0 amide bonds. The summed E-state index contributed by atoms with van der Waals surface area (Å²) in [6, 6.07) is 1.65. The number of fused-ring (bicyclic) bond motifs is 1. The van der Waals surface area contributed by atoms with Gasteiger partial charge < -0.3 is 9.55 Å². The van der Waals surface area contributed by atoms with E-state index in [2.05, 4.69) is 20.9 Å². The second-order valence-corrected chi connectivity index (χ2v) is 3.88. The van der Waals surface area contributed by atoms with Crippen molar-refractivity contribution in [3.05, 3.63) is 32.8 Å². The first kappa shape index (κ1) is 9.21. The lowest BCUT2D eigenvalue weighted by molar-refractivity contribution is 0.112. The van der Waals surface area contributed by atoms with Gasteiger partial charge in [0.1, 0.15) is 5.52 Å². The number of hydrogen-bond acceptors (Lipinski definition) is 2. The van der Waals surface area contributed by atoms with Gasteiger partial charge in [-0.15, -0.1) is 0 Å². The zero-order valence-electron chi connectivity index (χ0n) is 7.37. The number of aromatic amines is 1. The first-order valence-corrected chi connectivity index (χ1v) is 4.76. The smallest absolute Gasteiger partial charge is 0.274 e. The number of aryl methyl sites for hydroxylation is 1. The van der Waals surface area contributed by atoms with Crippen LogP contribution in [-0.4, -0.2) is 15.8 Å². The van der Waals surface area contributed by atoms with E-state index in [1.165, 1.54) is 4.57 Å². The first-order chi connectivity index (χ1) is 6.63. The SMILES string of the molecule is Cn1cc(Br)c2cc(C=O)[nH]c2c1=O. The quantitative estimate of drug-likeness (QED) is 0.784. The molecular weight excluding hydrogens is 248 g/mol. The maximum atomic E-state index is 11.6. The second-order valence-electron chi connectivity index (χ2n) is 3.02. The van der Waals surface area contributed by atoms with Crippen LogP contribution in [0.4, 0.5) is 0 Å². The molecule has 4 nitrogen and oxygen atoms in total. The molecule has 14 heavy (non-hydrogen) atoms. The fraction of sp³-hybridized carbons (Fsp3) is 0.111. The van der Waals surface area contributed by atoms with Gasteiger partial charge in [0.05, 0.1) is 5.69 Å². The third-order valence-corrected chi connectivity index (χ3v) is 2.70. The number of hydrogen-bond donors (Lipinski definition) is 1. The Kier molecular flexibility index (Phi) is 2.03. The lowest BCUT2D eigenvalue weighted by atomic mass is 10.3. The Labute approximate surface area is 87.7 Å². The highest BCUT2D eigenvalue weighted by molar-refractivity contribution is 9.10. The zero-order valence-corrected chi connectivity index (χ0v) is 8.96. The number of carbonyl (C=O) groups excluding carboxylic acids is 1. The van der Waals surface area contributed by atoms with Crippen LogP contribution in [-0.2, 0) is 7.05 Å². The van der Waals surface area contributed by atoms with Crippen molar-refractivity contribution >= 4 is 33.1 Å². The van der Waals surface area contributed by atoms with Crippen LogP contribution in [0.15, 0.2) is 21.5 Å². The van der Waals surface area contributed by atoms with Crippen molar-refractivity contribution in [3.8, 4) is 0 Å². The van der Waals surface area contributed by atoms with Crippen LogP contribution in [0, 0.1) is 0 Å². The van der Waals surface area contributed by atoms with Gasteiger partial charge in [0, 0.05) is 23.1 Å². The fourth-order valence-corrected chi connectivity index (χ4v) is 1.99. The van der Waals surface area contributed by atoms with Gasteiger partial charge in [-0.25, -0.2) is 0 Å². The number of aldehydes is 1. The fourth-order valence-electron chi connectivity index (χ4n) is 1.37. The average Bonchev–Trinajstić information content (AvgIpc) is 2.58. The second kappa shape index (κ2) is 3.09. The van der Waals surface area contributed by atoms with Crippen molar-refractivity contribution in [3.63, 3.8) is 0 Å². The van der Waals surface area contributed by atoms with Crippen molar-refractivity contribution in [2.75, 3.05) is 0 Å². The van der Waals surface area contributed by atoms with Crippen molar-refractivity contribution in [2.24, 2.45) is 7.05 Å². The number of aromatic nitrogens is 2. The van der Waals surface area contributed by atoms with Crippen LogP contribution in [0.3, 0.4) is 0 Å². The molecule has 0 aliphatic rings. The predicted molar refractivity (Wildman–Crippen MR) is 56.6 cm³/mol. The highest BCUT2D eigenvalue weighted by atomic mass is 79.9. The van der Waals surface area contributed by atoms with Crippen LogP contribution in [0.1, 0.15) is 10.5 Å². The number of rotatable bonds is 1. The van der Waals surface area contributed by atoms with E-state index in [0.717, 1.165) is 9.86 Å². The highest BCUT2D eigenvalue weighted by Gasteiger charge is 2.08. The van der Waals surface area contributed by atoms with E-state index < -0.39 is 0 Å². The first-order valence-electron chi connectivity index (χ1n) is 3.96. The van der Waals surface area contributed by atoms with Crippen LogP contribution < -0.4 is 5.56 Å². The Balaban J connectivity index is 2.98. The molecule has 0 saturated heterocycles. The summed E-state index contributed by atoms with van der Waals surface area (Å²) in [5.41, 5.74) is 0.712. The van der Waals surface area contributed by atoms with Gasteiger partial charge in [-0.05, 0) is 22.0 Å². The van der Waals surface area contributed by atoms with E-state index in [4.69, 9.17) is 0 Å². The van der Waals surface area contributed by atoms with Gasteiger partial charge in [0.2, 0.25) is 0 Å². The molecule has 5 heteroatoms. The Morgan fingerprint density at radius 2 is 2.29 bits per heavy atom. The summed E-state index contributed by atoms with van der Waals surface area (Å²) in [5.74, 6) is 0. The highest BCUT2D eigenvalue weighted by Crippen LogP contribution is 2.20. The topological polar surface area (TPSA) is 54.9 Å². The van der Waals surface area contributed by atoms with E-state index in [1.54, 1.807) is 19.3 Å². The molecule has 2 aromatic heterocycles. The van der Waals surface area contributed by atoms with Crippen molar-refractivity contribution in [1.82, 2.24) is 9.55 Å². The lowest BCUT2D eigenvalue weighted by Crippen LogP contribution is -2.16. The average molecular weight is 255 g/mol. The summed E-state index contributed by atoms with van der Waals surface area (Å²) in [4.78, 5) is 24.9. The summed E-state index contributed by atoms with van der Waals surface area (Å²) < 4.78 is 2.25. The molecule has 2 heterocycles. The standard InChI is InChI=1S/C9H7BrN2O2/c1-12-3-7(10)6-2-5(4-13)11-8(6)9(12)14/h2-4,11H,1H3. The molecule has 1 N–H and O–H groups in total. The predicted octanol–water partition coefficient (Wildman–Crippen LogP) is 1.44. The largest absolute Gasteiger partial charge is 0.348 e. The summed E-state index contributed by atoms with van der Waals surface area (Å²) >= 11 is 3.33. The third-order valence-electron chi connectivity index (χ3n) is 2.06. The molecule has 0 saturated carbocycles. The molecule has 0 spiro atoms. The number of carbonyl (C=O) groups is 1. The van der Waals surface area contributed by atoms with Gasteiger partial charge in [0.15, 0.2) is 6.29 Å². The molecular formula is C9H7BrN2O2. The molecule has 0 bridgehead atoms. The van der Waals surface area contributed by atoms with Crippen LogP contribution in [0.5, 0.6) is 0 Å². The number of H-pyrrole nitrogens is 1. The van der Waals surface area contributed by atoms with Gasteiger partial charge in [-0.2, -0.15) is 0 Å². The maximum Gasteiger partial charge on any atom is 0.274 e. The zero-order chi connectivity index (χ0) is 10.3. The third kappa shape index (κ3) is 1.21. The van der Waals surface area contributed by atoms with Crippen molar-refractivity contribution in [1.29, 1.82) is 0 Å². The van der Waals surface area contributed by atoms with E-state index in [1.807, 2.05) is 0 Å². The summed E-state index contributed by atoms with van der Waals surface area (Å²) in [6.45, 7) is 0. The molecule has 0 unspecified atom stereocenters. The van der Waals surface area contributed by atoms with E-state index >= 15 is 0 Å². The van der Waals surface area contributed by atoms with E-state index in [9.17, 15) is 9.59 Å². The minimum absolute atomic E-state index is 0.142. The molecule has 0 aliphatic heterocycles. The molecule has 0 radical (unpaired) electrons. The normalized spacial score (nSPS) is 10.7. The molecule has 0 aliphatic carbocycles. The number of nitrogens with one attached hydrogen (secondary N) is 1. The van der Waals surface area contributed by atoms with Crippen molar-refractivity contribution < 1.29 is 4.79 Å². The number of halogens is 1. The molecule has 0 fully saturated rings. The molecule has 0 atom stereocenters. The summed E-state index contributed by atoms with van der Waals surface area (Å²) in [5, 5.41) is 0.732. The maximum absolute atomic E-state index is 11.6. The van der Waals surface area contributed by atoms with Crippen LogP contribution in [0.2, 0.25) is 0 Å². The monoisotopic (exact) mass is 254 g/mol. The van der Waals surface area contributed by atoms with Crippen molar-refractivity contribution in [2.45, 2.75) is 0 Å². The number of pyridine rings is 1. The van der Waals surface area contributed by atoms with Gasteiger partial charge in [-0.3, -0.25) is 9.59 Å². The molecule has 72 valence electrons. The molecule has 2 aromatic rings. The van der Waals surface area contributed by atoms with Gasteiger partial charge >= 0.3 is 0 Å². The Morgan fingerprint density at radius 3 is 2.93 bits per heavy atom. The van der Waals surface area contributed by atoms with Crippen LogP contribution in [0.25, 0.3) is 10.9 Å². The summed E-state index contributed by atoms with van der Waals surface area (Å²) in [6.07, 6.45) is 2.36. The lowest BCUT2D eigenvalue weighted by Gasteiger charge is -1.98. The van der Waals surface area contributed by atoms with E-state index in [-0.39, 0.29) is 5.56 Å². The molecule has 2 rings (SSSR count). The Bertz CT molecular complexity index is 568. The van der Waals surface area contributed by atoms with E-state index in [0.29, 0.717) is 17.5 Å². The van der Waals surface area contributed by atoms with Gasteiger partial charge in [0.25, 0.3) is 5.56 Å². The Morgan fingerprint density at radius 1 is 1.57 bits per heavy atom. The number of nitrogens with zero attached hydrogens (tertiary/aromatic N) is 1. The van der Waals surface area contributed by atoms with Gasteiger partial charge in [-0.1, -0.05) is 0 Å². The van der Waals surface area contributed by atoms with Crippen LogP contribution >= 0.6 is 15.9 Å².